The predicted octanol–water partition coefficient (Wildman–Crippen LogP) is 5.93. The number of piperidine rings is 1. The highest BCUT2D eigenvalue weighted by Gasteiger charge is 2.30. The van der Waals surface area contributed by atoms with Crippen LogP contribution in [0.1, 0.15) is 58.6 Å². The summed E-state index contributed by atoms with van der Waals surface area (Å²) in [7, 11) is 5.13. The Balaban J connectivity index is 1.25. The Morgan fingerprint density at radius 1 is 0.935 bits per heavy atom. The normalized spacial score (nSPS) is 14.7. The maximum absolute atomic E-state index is 13.8. The van der Waals surface area contributed by atoms with Crippen molar-refractivity contribution in [1.82, 2.24) is 19.4 Å². The second kappa shape index (κ2) is 15.9. The number of likely N-dealkylation sites (N-methyl/N-ethyl adjacent to an activating group) is 1. The van der Waals surface area contributed by atoms with Crippen molar-refractivity contribution in [3.63, 3.8) is 0 Å². The standard InChI is InChI=1S/C37H46N4O5/c1-5-46-24-23-41-32-14-10-9-13-31(32)38-36(41)35(42)27-17-20-40(21-18-27)22-19-30(29-15-16-33(44-3)34(25-29)45-4)26-39(2)37(43)28-11-7-6-8-12-28/h6-16,25,27,30H,5,17-24,26H2,1-4H3. The molecule has 0 aliphatic carbocycles. The van der Waals surface area contributed by atoms with E-state index >= 15 is 0 Å². The number of fused-ring (bicyclic) bond motifs is 1. The predicted molar refractivity (Wildman–Crippen MR) is 180 cm³/mol. The minimum Gasteiger partial charge on any atom is -0.493 e. The molecule has 0 bridgehead atoms. The van der Waals surface area contributed by atoms with Crippen LogP contribution >= 0.6 is 0 Å². The molecule has 46 heavy (non-hydrogen) atoms. The lowest BCUT2D eigenvalue weighted by atomic mass is 9.90. The highest BCUT2D eigenvalue weighted by atomic mass is 16.5. The molecule has 4 aromatic rings. The number of nitrogens with zero attached hydrogens (tertiary/aromatic N) is 4. The maximum Gasteiger partial charge on any atom is 0.253 e. The quantitative estimate of drug-likeness (QED) is 0.119. The average molecular weight is 627 g/mol. The number of carbonyl (C=O) groups is 2. The minimum absolute atomic E-state index is 0.00215. The molecule has 0 saturated carbocycles. The van der Waals surface area contributed by atoms with Gasteiger partial charge in [-0.3, -0.25) is 9.59 Å². The van der Waals surface area contributed by atoms with Crippen molar-refractivity contribution in [3.8, 4) is 11.5 Å². The van der Waals surface area contributed by atoms with Crippen LogP contribution in [0, 0.1) is 5.92 Å². The summed E-state index contributed by atoms with van der Waals surface area (Å²) in [6, 6.07) is 23.3. The van der Waals surface area contributed by atoms with Crippen molar-refractivity contribution >= 4 is 22.7 Å². The van der Waals surface area contributed by atoms with Crippen LogP contribution < -0.4 is 9.47 Å². The van der Waals surface area contributed by atoms with Crippen LogP contribution in [0.3, 0.4) is 0 Å². The number of rotatable bonds is 15. The molecule has 0 spiro atoms. The van der Waals surface area contributed by atoms with Crippen LogP contribution in [-0.4, -0.2) is 91.7 Å². The first kappa shape index (κ1) is 33.2. The van der Waals surface area contributed by atoms with Crippen LogP contribution in [0.4, 0.5) is 0 Å². The van der Waals surface area contributed by atoms with Crippen LogP contribution in [0.5, 0.6) is 11.5 Å². The van der Waals surface area contributed by atoms with Crippen LogP contribution in [-0.2, 0) is 11.3 Å². The van der Waals surface area contributed by atoms with E-state index in [1.807, 2.05) is 85.3 Å². The summed E-state index contributed by atoms with van der Waals surface area (Å²) < 4.78 is 18.7. The molecule has 9 heteroatoms. The van der Waals surface area contributed by atoms with Gasteiger partial charge in [0, 0.05) is 44.1 Å². The molecule has 2 heterocycles. The number of aromatic nitrogens is 2. The van der Waals surface area contributed by atoms with Gasteiger partial charge < -0.3 is 28.6 Å². The zero-order valence-electron chi connectivity index (χ0n) is 27.5. The number of methoxy groups -OCH3 is 2. The summed E-state index contributed by atoms with van der Waals surface area (Å²) in [5.74, 6) is 2.04. The number of Topliss-reactive ketones (excluding diaryl/α,β-unsaturated/α-hetero) is 1. The first-order chi connectivity index (χ1) is 22.4. The van der Waals surface area contributed by atoms with E-state index < -0.39 is 0 Å². The third-order valence-corrected chi connectivity index (χ3v) is 9.03. The Morgan fingerprint density at radius 3 is 2.37 bits per heavy atom. The second-order valence-electron chi connectivity index (χ2n) is 11.9. The maximum atomic E-state index is 13.8. The fourth-order valence-corrected chi connectivity index (χ4v) is 6.41. The highest BCUT2D eigenvalue weighted by Crippen LogP contribution is 2.33. The van der Waals surface area contributed by atoms with Crippen molar-refractivity contribution in [1.29, 1.82) is 0 Å². The highest BCUT2D eigenvalue weighted by molar-refractivity contribution is 5.98. The van der Waals surface area contributed by atoms with Gasteiger partial charge in [0.25, 0.3) is 5.91 Å². The zero-order valence-corrected chi connectivity index (χ0v) is 27.5. The lowest BCUT2D eigenvalue weighted by Crippen LogP contribution is -2.39. The summed E-state index contributed by atoms with van der Waals surface area (Å²) in [5, 5.41) is 0. The van der Waals surface area contributed by atoms with Gasteiger partial charge in [-0.15, -0.1) is 0 Å². The van der Waals surface area contributed by atoms with E-state index in [0.717, 1.165) is 55.5 Å². The van der Waals surface area contributed by atoms with E-state index in [1.165, 1.54) is 0 Å². The van der Waals surface area contributed by atoms with Gasteiger partial charge in [0.05, 0.1) is 31.9 Å². The number of hydrogen-bond acceptors (Lipinski definition) is 7. The summed E-state index contributed by atoms with van der Waals surface area (Å²) in [5.41, 5.74) is 3.59. The first-order valence-electron chi connectivity index (χ1n) is 16.3. The third-order valence-electron chi connectivity index (χ3n) is 9.03. The number of para-hydroxylation sites is 2. The molecule has 1 fully saturated rings. The van der Waals surface area contributed by atoms with Gasteiger partial charge in [0.15, 0.2) is 17.3 Å². The largest absolute Gasteiger partial charge is 0.493 e. The van der Waals surface area contributed by atoms with Crippen molar-refractivity contribution in [2.24, 2.45) is 5.92 Å². The Bertz CT molecular complexity index is 1600. The molecule has 1 amide bonds. The number of amides is 1. The van der Waals surface area contributed by atoms with E-state index in [0.29, 0.717) is 49.2 Å². The van der Waals surface area contributed by atoms with Crippen LogP contribution in [0.25, 0.3) is 11.0 Å². The lowest BCUT2D eigenvalue weighted by Gasteiger charge is -2.33. The van der Waals surface area contributed by atoms with Crippen LogP contribution in [0.15, 0.2) is 72.8 Å². The fourth-order valence-electron chi connectivity index (χ4n) is 6.41. The van der Waals surface area contributed by atoms with Crippen LogP contribution in [0.2, 0.25) is 0 Å². The molecular weight excluding hydrogens is 580 g/mol. The molecule has 1 aliphatic heterocycles. The van der Waals surface area contributed by atoms with Crippen molar-refractivity contribution in [2.45, 2.75) is 38.6 Å². The number of ether oxygens (including phenoxy) is 3. The van der Waals surface area contributed by atoms with Gasteiger partial charge in [0.2, 0.25) is 5.78 Å². The van der Waals surface area contributed by atoms with Gasteiger partial charge in [0.1, 0.15) is 0 Å². The molecule has 1 atom stereocenters. The zero-order chi connectivity index (χ0) is 32.5. The summed E-state index contributed by atoms with van der Waals surface area (Å²) in [4.78, 5) is 36.0. The average Bonchev–Trinajstić information content (AvgIpc) is 3.48. The Labute approximate surface area is 272 Å². The minimum atomic E-state index is -0.0600. The van der Waals surface area contributed by atoms with E-state index in [4.69, 9.17) is 19.2 Å². The van der Waals surface area contributed by atoms with Gasteiger partial charge in [-0.1, -0.05) is 36.4 Å². The van der Waals surface area contributed by atoms with E-state index in [2.05, 4.69) is 11.0 Å². The van der Waals surface area contributed by atoms with Gasteiger partial charge >= 0.3 is 0 Å². The SMILES string of the molecule is CCOCCn1c(C(=O)C2CCN(CCC(CN(C)C(=O)c3ccccc3)c3ccc(OC)c(OC)c3)CC2)nc2ccccc21. The van der Waals surface area contributed by atoms with E-state index in [-0.39, 0.29) is 23.5 Å². The second-order valence-corrected chi connectivity index (χ2v) is 11.9. The summed E-state index contributed by atoms with van der Waals surface area (Å²) >= 11 is 0. The molecule has 5 rings (SSSR count). The molecular formula is C37H46N4O5. The number of imidazole rings is 1. The molecule has 1 saturated heterocycles. The van der Waals surface area contributed by atoms with Crippen molar-refractivity contribution in [3.05, 3.63) is 89.7 Å². The number of ketones is 1. The van der Waals surface area contributed by atoms with E-state index in [1.54, 1.807) is 19.1 Å². The monoisotopic (exact) mass is 626 g/mol. The Kier molecular flexibility index (Phi) is 11.4. The summed E-state index contributed by atoms with van der Waals surface area (Å²) in [6.07, 6.45) is 2.44. The molecule has 0 N–H and O–H groups in total. The Hall–Kier alpha value is -4.21. The topological polar surface area (TPSA) is 86.1 Å². The number of carbonyl (C=O) groups excluding carboxylic acids is 2. The van der Waals surface area contributed by atoms with Gasteiger partial charge in [-0.25, -0.2) is 4.98 Å². The van der Waals surface area contributed by atoms with Gasteiger partial charge in [-0.2, -0.15) is 0 Å². The molecule has 1 aromatic heterocycles. The van der Waals surface area contributed by atoms with Crippen molar-refractivity contribution < 1.29 is 23.8 Å². The lowest BCUT2D eigenvalue weighted by molar-refractivity contribution is 0.0779. The number of likely N-dealkylation sites (tertiary alicyclic amines) is 1. The molecule has 3 aromatic carbocycles. The Morgan fingerprint density at radius 2 is 1.65 bits per heavy atom. The van der Waals surface area contributed by atoms with Crippen molar-refractivity contribution in [2.75, 3.05) is 60.7 Å². The van der Waals surface area contributed by atoms with Gasteiger partial charge in [-0.05, 0) is 87.8 Å². The molecule has 244 valence electrons. The smallest absolute Gasteiger partial charge is 0.253 e. The molecule has 1 aliphatic rings. The third kappa shape index (κ3) is 7.77. The summed E-state index contributed by atoms with van der Waals surface area (Å²) in [6.45, 7) is 6.87. The number of benzene rings is 3. The molecule has 9 nitrogen and oxygen atoms in total. The number of hydrogen-bond donors (Lipinski definition) is 0. The molecule has 1 unspecified atom stereocenters. The molecule has 0 radical (unpaired) electrons. The van der Waals surface area contributed by atoms with E-state index in [9.17, 15) is 9.59 Å². The fraction of sp³-hybridized carbons (Fsp3) is 0.432. The first-order valence-corrected chi connectivity index (χ1v) is 16.3.